The highest BCUT2D eigenvalue weighted by atomic mass is 19.1. The predicted octanol–water partition coefficient (Wildman–Crippen LogP) is 5.20. The fourth-order valence-electron chi connectivity index (χ4n) is 4.02. The molecule has 1 heterocycles. The van der Waals surface area contributed by atoms with Gasteiger partial charge in [0.25, 0.3) is 5.56 Å². The molecule has 32 heavy (non-hydrogen) atoms. The summed E-state index contributed by atoms with van der Waals surface area (Å²) in [6.45, 7) is 2.30. The summed E-state index contributed by atoms with van der Waals surface area (Å²) in [7, 11) is 1.62. The second kappa shape index (κ2) is 9.60. The van der Waals surface area contributed by atoms with E-state index in [2.05, 4.69) is 5.10 Å². The van der Waals surface area contributed by atoms with Gasteiger partial charge < -0.3 is 4.74 Å². The van der Waals surface area contributed by atoms with Gasteiger partial charge in [0.1, 0.15) is 11.6 Å². The molecule has 0 saturated carbocycles. The smallest absolute Gasteiger partial charge is 0.270 e. The molecule has 0 fully saturated rings. The first kappa shape index (κ1) is 21.5. The Morgan fingerprint density at radius 1 is 0.906 bits per heavy atom. The van der Waals surface area contributed by atoms with Crippen LogP contribution in [0.4, 0.5) is 4.39 Å². The number of ether oxygens (including phenoxy) is 1. The maximum absolute atomic E-state index is 13.7. The lowest BCUT2D eigenvalue weighted by Crippen LogP contribution is -2.29. The van der Waals surface area contributed by atoms with E-state index in [-0.39, 0.29) is 11.4 Å². The highest BCUT2D eigenvalue weighted by Crippen LogP contribution is 2.33. The van der Waals surface area contributed by atoms with Crippen LogP contribution in [0.3, 0.4) is 0 Å². The van der Waals surface area contributed by atoms with Gasteiger partial charge in [0.15, 0.2) is 0 Å². The summed E-state index contributed by atoms with van der Waals surface area (Å²) < 4.78 is 20.8. The summed E-state index contributed by atoms with van der Waals surface area (Å²) in [6, 6.07) is 23.9. The number of para-hydroxylation sites is 1. The van der Waals surface area contributed by atoms with E-state index in [0.717, 1.165) is 27.9 Å². The van der Waals surface area contributed by atoms with Gasteiger partial charge in [-0.25, -0.2) is 9.07 Å². The summed E-state index contributed by atoms with van der Waals surface area (Å²) in [4.78, 5) is 13.6. The quantitative estimate of drug-likeness (QED) is 0.406. The third kappa shape index (κ3) is 4.62. The van der Waals surface area contributed by atoms with Gasteiger partial charge in [-0.3, -0.25) is 4.79 Å². The number of nitrogens with zero attached hydrogens (tertiary/aromatic N) is 2. The maximum atomic E-state index is 13.7. The van der Waals surface area contributed by atoms with Gasteiger partial charge in [-0.2, -0.15) is 5.10 Å². The zero-order valence-electron chi connectivity index (χ0n) is 18.2. The average Bonchev–Trinajstić information content (AvgIpc) is 2.81. The van der Waals surface area contributed by atoms with Crippen molar-refractivity contribution in [3.05, 3.63) is 117 Å². The second-order valence-electron chi connectivity index (χ2n) is 7.72. The molecular formula is C27H25FN2O2. The molecule has 0 atom stereocenters. The normalized spacial score (nSPS) is 10.8. The molecule has 0 spiro atoms. The SMILES string of the molecule is COc1ccccc1-c1c(C)nn(Cc2ccccc2)c(=O)c1CCc1cccc(F)c1. The Labute approximate surface area is 186 Å². The predicted molar refractivity (Wildman–Crippen MR) is 125 cm³/mol. The van der Waals surface area contributed by atoms with E-state index < -0.39 is 0 Å². The van der Waals surface area contributed by atoms with Crippen molar-refractivity contribution in [3.8, 4) is 16.9 Å². The third-order valence-electron chi connectivity index (χ3n) is 5.53. The van der Waals surface area contributed by atoms with Gasteiger partial charge in [-0.05, 0) is 49.1 Å². The van der Waals surface area contributed by atoms with Gasteiger partial charge in [-0.1, -0.05) is 60.7 Å². The topological polar surface area (TPSA) is 44.1 Å². The van der Waals surface area contributed by atoms with Gasteiger partial charge in [0.05, 0.1) is 19.3 Å². The van der Waals surface area contributed by atoms with Crippen LogP contribution in [-0.2, 0) is 19.4 Å². The molecule has 0 aliphatic rings. The molecule has 5 heteroatoms. The van der Waals surface area contributed by atoms with Crippen LogP contribution in [0.25, 0.3) is 11.1 Å². The lowest BCUT2D eigenvalue weighted by atomic mass is 9.94. The Morgan fingerprint density at radius 3 is 2.38 bits per heavy atom. The maximum Gasteiger partial charge on any atom is 0.270 e. The number of hydrogen-bond donors (Lipinski definition) is 0. The first-order valence-electron chi connectivity index (χ1n) is 10.6. The summed E-state index contributed by atoms with van der Waals surface area (Å²) >= 11 is 0. The minimum absolute atomic E-state index is 0.142. The van der Waals surface area contributed by atoms with E-state index >= 15 is 0 Å². The Morgan fingerprint density at radius 2 is 1.62 bits per heavy atom. The molecule has 1 aromatic heterocycles. The van der Waals surface area contributed by atoms with E-state index in [1.165, 1.54) is 16.8 Å². The Kier molecular flexibility index (Phi) is 6.45. The largest absolute Gasteiger partial charge is 0.496 e. The molecule has 0 bridgehead atoms. The molecule has 4 aromatic rings. The van der Waals surface area contributed by atoms with Crippen LogP contribution in [0.5, 0.6) is 5.75 Å². The van der Waals surface area contributed by atoms with Crippen molar-refractivity contribution in [2.24, 2.45) is 0 Å². The third-order valence-corrected chi connectivity index (χ3v) is 5.53. The molecule has 0 aliphatic heterocycles. The number of aryl methyl sites for hydroxylation is 2. The summed E-state index contributed by atoms with van der Waals surface area (Å²) in [5, 5.41) is 4.64. The standard InChI is InChI=1S/C27H25FN2O2/c1-19-26(23-13-6-7-14-25(23)32-2)24(16-15-20-11-8-12-22(28)17-20)27(31)30(29-19)18-21-9-4-3-5-10-21/h3-14,17H,15-16,18H2,1-2H3. The van der Waals surface area contributed by atoms with Crippen LogP contribution in [0.15, 0.2) is 83.7 Å². The number of aromatic nitrogens is 2. The van der Waals surface area contributed by atoms with Crippen LogP contribution in [0, 0.1) is 12.7 Å². The van der Waals surface area contributed by atoms with Crippen LogP contribution in [0.2, 0.25) is 0 Å². The lowest BCUT2D eigenvalue weighted by molar-refractivity contribution is 0.416. The Balaban J connectivity index is 1.82. The van der Waals surface area contributed by atoms with E-state index in [0.29, 0.717) is 30.7 Å². The Hall–Kier alpha value is -3.73. The van der Waals surface area contributed by atoms with E-state index in [1.54, 1.807) is 13.2 Å². The highest BCUT2D eigenvalue weighted by molar-refractivity contribution is 5.75. The van der Waals surface area contributed by atoms with Gasteiger partial charge >= 0.3 is 0 Å². The highest BCUT2D eigenvalue weighted by Gasteiger charge is 2.19. The molecule has 3 aromatic carbocycles. The van der Waals surface area contributed by atoms with Crippen LogP contribution >= 0.6 is 0 Å². The molecular weight excluding hydrogens is 403 g/mol. The zero-order chi connectivity index (χ0) is 22.5. The molecule has 0 saturated heterocycles. The minimum atomic E-state index is -0.278. The molecule has 4 nitrogen and oxygen atoms in total. The molecule has 0 N–H and O–H groups in total. The molecule has 162 valence electrons. The van der Waals surface area contributed by atoms with E-state index in [4.69, 9.17) is 4.74 Å². The van der Waals surface area contributed by atoms with Gasteiger partial charge in [0.2, 0.25) is 0 Å². The second-order valence-corrected chi connectivity index (χ2v) is 7.72. The van der Waals surface area contributed by atoms with Crippen molar-refractivity contribution < 1.29 is 9.13 Å². The van der Waals surface area contributed by atoms with Crippen molar-refractivity contribution in [3.63, 3.8) is 0 Å². The number of hydrogen-bond acceptors (Lipinski definition) is 3. The fourth-order valence-corrected chi connectivity index (χ4v) is 4.02. The van der Waals surface area contributed by atoms with E-state index in [9.17, 15) is 9.18 Å². The minimum Gasteiger partial charge on any atom is -0.496 e. The number of rotatable bonds is 7. The monoisotopic (exact) mass is 428 g/mol. The van der Waals surface area contributed by atoms with Crippen molar-refractivity contribution in [2.75, 3.05) is 7.11 Å². The van der Waals surface area contributed by atoms with Crippen LogP contribution in [0.1, 0.15) is 22.4 Å². The van der Waals surface area contributed by atoms with Crippen molar-refractivity contribution in [1.29, 1.82) is 0 Å². The zero-order valence-corrected chi connectivity index (χ0v) is 18.2. The lowest BCUT2D eigenvalue weighted by Gasteiger charge is -2.17. The number of benzene rings is 3. The Bertz CT molecular complexity index is 1280. The first-order valence-corrected chi connectivity index (χ1v) is 10.6. The molecule has 4 rings (SSSR count). The van der Waals surface area contributed by atoms with Crippen LogP contribution < -0.4 is 10.3 Å². The summed E-state index contributed by atoms with van der Waals surface area (Å²) in [6.07, 6.45) is 1.01. The molecule has 0 unspecified atom stereocenters. The van der Waals surface area contributed by atoms with E-state index in [1.807, 2.05) is 67.6 Å². The van der Waals surface area contributed by atoms with Crippen molar-refractivity contribution in [2.45, 2.75) is 26.3 Å². The van der Waals surface area contributed by atoms with Crippen molar-refractivity contribution in [1.82, 2.24) is 9.78 Å². The van der Waals surface area contributed by atoms with Gasteiger partial charge in [0, 0.05) is 16.7 Å². The van der Waals surface area contributed by atoms with Crippen molar-refractivity contribution >= 4 is 0 Å². The summed E-state index contributed by atoms with van der Waals surface area (Å²) in [5.41, 5.74) is 4.73. The molecule has 0 aliphatic carbocycles. The molecule has 0 radical (unpaired) electrons. The summed E-state index contributed by atoms with van der Waals surface area (Å²) in [5.74, 6) is 0.407. The fraction of sp³-hybridized carbons (Fsp3) is 0.185. The average molecular weight is 429 g/mol. The first-order chi connectivity index (χ1) is 15.6. The van der Waals surface area contributed by atoms with Crippen LogP contribution in [-0.4, -0.2) is 16.9 Å². The number of halogens is 1. The number of methoxy groups -OCH3 is 1. The van der Waals surface area contributed by atoms with Gasteiger partial charge in [-0.15, -0.1) is 0 Å². The molecule has 0 amide bonds.